The first-order valence-electron chi connectivity index (χ1n) is 21.8. The molecular formula is C49H61N3O13. The number of hydrogen-bond donors (Lipinski definition) is 4. The lowest BCUT2D eigenvalue weighted by atomic mass is 9.78. The fourth-order valence-electron chi connectivity index (χ4n) is 8.44. The van der Waals surface area contributed by atoms with E-state index in [0.29, 0.717) is 30.5 Å². The zero-order valence-corrected chi connectivity index (χ0v) is 39.0. The summed E-state index contributed by atoms with van der Waals surface area (Å²) in [5.74, 6) is -6.81. The lowest BCUT2D eigenvalue weighted by Crippen LogP contribution is -2.46. The Labute approximate surface area is 378 Å². The van der Waals surface area contributed by atoms with Gasteiger partial charge in [0, 0.05) is 79.8 Å². The number of ketones is 1. The highest BCUT2D eigenvalue weighted by molar-refractivity contribution is 6.22. The number of hydrogen-bond acceptors (Lipinski definition) is 15. The predicted octanol–water partition coefficient (Wildman–Crippen LogP) is 6.67. The maximum atomic E-state index is 14.8. The number of phenolic OH excluding ortho intramolecular Hbond substituents is 1. The second-order valence-corrected chi connectivity index (χ2v) is 17.8. The number of carbonyl (C=O) groups excluding carboxylic acids is 3. The third-order valence-electron chi connectivity index (χ3n) is 12.9. The summed E-state index contributed by atoms with van der Waals surface area (Å²) >= 11 is 0. The number of nitrogens with zero attached hydrogens (tertiary/aromatic N) is 2. The Kier molecular flexibility index (Phi) is 14.5. The second-order valence-electron chi connectivity index (χ2n) is 17.8. The van der Waals surface area contributed by atoms with E-state index in [4.69, 9.17) is 33.1 Å². The van der Waals surface area contributed by atoms with Crippen LogP contribution < -0.4 is 20.2 Å². The van der Waals surface area contributed by atoms with Crippen molar-refractivity contribution in [1.82, 2.24) is 9.88 Å². The zero-order valence-electron chi connectivity index (χ0n) is 39.0. The van der Waals surface area contributed by atoms with Gasteiger partial charge in [-0.1, -0.05) is 45.9 Å². The number of rotatable bonds is 7. The van der Waals surface area contributed by atoms with Crippen molar-refractivity contribution in [3.63, 3.8) is 0 Å². The van der Waals surface area contributed by atoms with E-state index in [0.717, 1.165) is 0 Å². The Hall–Kier alpha value is -5.81. The van der Waals surface area contributed by atoms with Crippen LogP contribution in [0.4, 0.5) is 5.69 Å². The van der Waals surface area contributed by atoms with Crippen LogP contribution >= 0.6 is 0 Å². The van der Waals surface area contributed by atoms with Crippen molar-refractivity contribution >= 4 is 45.2 Å². The van der Waals surface area contributed by atoms with E-state index in [-0.39, 0.29) is 55.9 Å². The van der Waals surface area contributed by atoms with Gasteiger partial charge in [-0.15, -0.1) is 0 Å². The second kappa shape index (κ2) is 19.3. The number of aliphatic hydroxyl groups excluding tert-OH is 2. The van der Waals surface area contributed by atoms with E-state index in [1.807, 2.05) is 7.05 Å². The molecule has 2 aromatic rings. The molecule has 0 saturated heterocycles. The molecule has 65 heavy (non-hydrogen) atoms. The number of aliphatic hydroxyl groups is 2. The minimum absolute atomic E-state index is 0.0214. The molecule has 3 heterocycles. The number of Topliss-reactive ketones (excluding diaryl/α,β-unsaturated/α-hetero) is 1. The van der Waals surface area contributed by atoms with Crippen LogP contribution in [0.15, 0.2) is 63.6 Å². The van der Waals surface area contributed by atoms with Gasteiger partial charge in [-0.25, -0.2) is 4.98 Å². The van der Waals surface area contributed by atoms with Gasteiger partial charge in [0.1, 0.15) is 46.9 Å². The molecule has 1 amide bonds. The molecular weight excluding hydrogens is 839 g/mol. The number of amides is 1. The molecule has 1 aliphatic carbocycles. The average molecular weight is 900 g/mol. The highest BCUT2D eigenvalue weighted by Gasteiger charge is 2.50. The van der Waals surface area contributed by atoms with Gasteiger partial charge in [-0.3, -0.25) is 19.2 Å². The molecule has 0 saturated carbocycles. The molecule has 16 nitrogen and oxygen atoms in total. The number of nitrogens with one attached hydrogen (secondary N) is 1. The smallest absolute Gasteiger partial charge is 0.312 e. The number of allylic oxidation sites excluding steroid dienone is 2. The molecule has 4 aliphatic rings. The van der Waals surface area contributed by atoms with Crippen LogP contribution in [-0.2, 0) is 23.8 Å². The number of esters is 1. The average Bonchev–Trinajstić information content (AvgIpc) is 3.53. The van der Waals surface area contributed by atoms with Crippen LogP contribution in [0.2, 0.25) is 0 Å². The van der Waals surface area contributed by atoms with Crippen molar-refractivity contribution in [3.05, 3.63) is 75.7 Å². The molecule has 4 N–H and O–H groups in total. The van der Waals surface area contributed by atoms with Gasteiger partial charge in [0.15, 0.2) is 11.3 Å². The van der Waals surface area contributed by atoms with Gasteiger partial charge in [0.2, 0.25) is 5.43 Å². The Balaban J connectivity index is 1.56. The van der Waals surface area contributed by atoms with Gasteiger partial charge >= 0.3 is 11.8 Å². The van der Waals surface area contributed by atoms with Crippen LogP contribution in [0, 0.1) is 30.6 Å². The van der Waals surface area contributed by atoms with Crippen LogP contribution in [0.3, 0.4) is 0 Å². The van der Waals surface area contributed by atoms with Gasteiger partial charge in [0.25, 0.3) is 11.7 Å². The van der Waals surface area contributed by atoms with Gasteiger partial charge in [-0.05, 0) is 53.0 Å². The molecule has 6 rings (SSSR count). The lowest BCUT2D eigenvalue weighted by Gasteiger charge is -2.38. The van der Waals surface area contributed by atoms with Crippen LogP contribution in [0.25, 0.3) is 33.3 Å². The summed E-state index contributed by atoms with van der Waals surface area (Å²) < 4.78 is 36.4. The summed E-state index contributed by atoms with van der Waals surface area (Å²) in [4.78, 5) is 62.9. The van der Waals surface area contributed by atoms with Crippen molar-refractivity contribution in [3.8, 4) is 28.7 Å². The minimum Gasteiger partial charge on any atom is -0.507 e. The maximum absolute atomic E-state index is 14.8. The summed E-state index contributed by atoms with van der Waals surface area (Å²) in [5.41, 5.74) is -0.562. The van der Waals surface area contributed by atoms with E-state index in [9.17, 15) is 34.5 Å². The van der Waals surface area contributed by atoms with Crippen LogP contribution in [0.5, 0.6) is 17.2 Å². The van der Waals surface area contributed by atoms with Crippen molar-refractivity contribution in [2.45, 2.75) is 105 Å². The highest BCUT2D eigenvalue weighted by atomic mass is 16.7. The lowest BCUT2D eigenvalue weighted by molar-refractivity contribution is -0.160. The summed E-state index contributed by atoms with van der Waals surface area (Å²) in [5, 5.41) is 37.1. The van der Waals surface area contributed by atoms with Crippen molar-refractivity contribution in [1.29, 1.82) is 0 Å². The quantitative estimate of drug-likeness (QED) is 0.0866. The summed E-state index contributed by atoms with van der Waals surface area (Å²) in [7, 11) is 3.44. The largest absolute Gasteiger partial charge is 0.507 e. The topological polar surface area (TPSA) is 216 Å². The number of likely N-dealkylation sites (N-methyl/N-ethyl adjacent to an activating group) is 1. The van der Waals surface area contributed by atoms with E-state index < -0.39 is 82.7 Å². The molecule has 16 heteroatoms. The molecule has 0 spiro atoms. The Morgan fingerprint density at radius 2 is 1.72 bits per heavy atom. The molecule has 0 unspecified atom stereocenters. The molecule has 0 fully saturated rings. The monoisotopic (exact) mass is 899 g/mol. The van der Waals surface area contributed by atoms with E-state index in [1.54, 1.807) is 58.0 Å². The van der Waals surface area contributed by atoms with Gasteiger partial charge in [-0.2, -0.15) is 0 Å². The molecule has 4 bridgehead atoms. The first kappa shape index (κ1) is 48.6. The number of carbonyl (C=O) groups is 3. The summed E-state index contributed by atoms with van der Waals surface area (Å²) in [6.07, 6.45) is 3.59. The van der Waals surface area contributed by atoms with E-state index in [1.165, 1.54) is 53.2 Å². The number of aromatic hydroxyl groups is 1. The Morgan fingerprint density at radius 3 is 2.38 bits per heavy atom. The standard InChI is InChI=1S/C49H61N3O13/c1-23(2)52(11)19-21-61-31-16-17-32-34(22-31)64-46-38(50-32)35-36-42(56)29(8)45-37(35)47(58)49(10,65-45)62-20-18-33(60-12)26(5)44(63-30(9)53)28(7)41(55)27(6)40(54)24(3)14-13-15-25(4)48(59)51-39(46)43(36)57/h13-18,20,22-24,26-28,33,40-41,44,54-56H,19,21H2,1-12H3,(H,51,59)/b14-13+,20-18+,25-15-/t24-,26+,27+,28+,33-,40-,41+,44+,49-/m0/s1. The third kappa shape index (κ3) is 9.48. The Bertz CT molecular complexity index is 2600. The van der Waals surface area contributed by atoms with Crippen molar-refractivity contribution in [2.75, 3.05) is 32.6 Å². The van der Waals surface area contributed by atoms with Gasteiger partial charge in [0.05, 0.1) is 35.5 Å². The highest BCUT2D eigenvalue weighted by Crippen LogP contribution is 2.50. The Morgan fingerprint density at radius 1 is 1.02 bits per heavy atom. The molecule has 350 valence electrons. The SMILES string of the molecule is CO[C@H]1/C=C/O[C@@]2(C)Oc3c(C)c(O)c4c(=O)c(c5oc6cc(OCCN(C)C(C)C)ccc6nc-5c4c3C2=O)NC(=O)/C(C)=C\C=C\[C@H](C)[C@H](O)[C@@H](C)[C@@H](O)[C@@H](C)[C@H](OC(C)=O)[C@@H]1C. The van der Waals surface area contributed by atoms with Crippen LogP contribution in [0.1, 0.15) is 78.2 Å². The molecule has 2 aromatic carbocycles. The van der Waals surface area contributed by atoms with E-state index in [2.05, 4.69) is 24.1 Å². The van der Waals surface area contributed by atoms with Crippen LogP contribution in [-0.4, -0.2) is 106 Å². The molecule has 0 aromatic heterocycles. The van der Waals surface area contributed by atoms with Gasteiger partial charge < -0.3 is 53.6 Å². The number of methoxy groups -OCH3 is 1. The maximum Gasteiger partial charge on any atom is 0.312 e. The minimum atomic E-state index is -2.04. The number of aromatic nitrogens is 1. The number of benzene rings is 3. The normalized spacial score (nSPS) is 28.6. The zero-order chi connectivity index (χ0) is 47.8. The number of phenols is 1. The fourth-order valence-corrected chi connectivity index (χ4v) is 8.44. The predicted molar refractivity (Wildman–Crippen MR) is 244 cm³/mol. The van der Waals surface area contributed by atoms with E-state index >= 15 is 0 Å². The first-order valence-corrected chi connectivity index (χ1v) is 21.8. The fraction of sp³-hybridized carbons (Fsp3) is 0.490. The summed E-state index contributed by atoms with van der Waals surface area (Å²) in [6.45, 7) is 17.8. The van der Waals surface area contributed by atoms with Crippen molar-refractivity contribution in [2.24, 2.45) is 23.7 Å². The number of fused-ring (bicyclic) bond motifs is 2. The van der Waals surface area contributed by atoms with Crippen molar-refractivity contribution < 1.29 is 57.8 Å². The molecule has 3 aliphatic heterocycles. The third-order valence-corrected chi connectivity index (χ3v) is 12.9. The summed E-state index contributed by atoms with van der Waals surface area (Å²) in [6, 6.07) is 5.31. The number of ether oxygens (including phenoxy) is 5. The first-order chi connectivity index (χ1) is 30.6. The molecule has 0 radical (unpaired) electrons. The number of anilines is 1. The molecule has 9 atom stereocenters.